The first kappa shape index (κ1) is 15.9. The van der Waals surface area contributed by atoms with Crippen LogP contribution < -0.4 is 5.32 Å². The Morgan fingerprint density at radius 2 is 2.04 bits per heavy atom. The molecule has 0 aliphatic heterocycles. The predicted octanol–water partition coefficient (Wildman–Crippen LogP) is 3.91. The summed E-state index contributed by atoms with van der Waals surface area (Å²) in [6.07, 6.45) is 3.87. The highest BCUT2D eigenvalue weighted by molar-refractivity contribution is 5.85. The van der Waals surface area contributed by atoms with Crippen molar-refractivity contribution in [2.75, 3.05) is 0 Å². The molecule has 0 spiro atoms. The fraction of sp³-hybridized carbons (Fsp3) is 0.286. The molecule has 2 aromatic carbocycles. The maximum Gasteiger partial charge on any atom is 0.220 e. The van der Waals surface area contributed by atoms with Crippen molar-refractivity contribution in [3.63, 3.8) is 0 Å². The van der Waals surface area contributed by atoms with Gasteiger partial charge >= 0.3 is 0 Å². The summed E-state index contributed by atoms with van der Waals surface area (Å²) >= 11 is 0. The van der Waals surface area contributed by atoms with Gasteiger partial charge in [-0.1, -0.05) is 30.3 Å². The number of amides is 1. The fourth-order valence-electron chi connectivity index (χ4n) is 3.72. The van der Waals surface area contributed by atoms with E-state index >= 15 is 0 Å². The first-order chi connectivity index (χ1) is 12.2. The van der Waals surface area contributed by atoms with E-state index in [1.165, 1.54) is 22.9 Å². The molecule has 1 unspecified atom stereocenters. The van der Waals surface area contributed by atoms with Crippen LogP contribution >= 0.6 is 0 Å². The number of nitrogens with one attached hydrogen (secondary N) is 2. The number of aryl methyl sites for hydroxylation is 2. The molecule has 0 saturated carbocycles. The van der Waals surface area contributed by atoms with Crippen LogP contribution in [0.5, 0.6) is 0 Å². The standard InChI is InChI=1S/C21H21FN2O/c22-15-7-9-17-18-13-16(8-10-19(18)24-20(17)12-15)23-21(25)11-6-14-4-2-1-3-5-14/h1-5,7,9,12,16,24H,6,8,10-11,13H2,(H,23,25). The second-order valence-corrected chi connectivity index (χ2v) is 6.76. The summed E-state index contributed by atoms with van der Waals surface area (Å²) in [6, 6.07) is 15.1. The summed E-state index contributed by atoms with van der Waals surface area (Å²) in [5.41, 5.74) is 4.42. The number of aromatic nitrogens is 1. The zero-order chi connectivity index (χ0) is 17.2. The summed E-state index contributed by atoms with van der Waals surface area (Å²) in [5.74, 6) is -0.125. The van der Waals surface area contributed by atoms with Gasteiger partial charge in [0.15, 0.2) is 0 Å². The Kier molecular flexibility index (Phi) is 4.26. The largest absolute Gasteiger partial charge is 0.358 e. The van der Waals surface area contributed by atoms with Crippen LogP contribution in [0, 0.1) is 5.82 Å². The van der Waals surface area contributed by atoms with Crippen LogP contribution in [-0.2, 0) is 24.1 Å². The van der Waals surface area contributed by atoms with Crippen LogP contribution in [0.3, 0.4) is 0 Å². The maximum absolute atomic E-state index is 13.4. The average molecular weight is 336 g/mol. The molecule has 0 bridgehead atoms. The molecule has 1 atom stereocenters. The minimum absolute atomic E-state index is 0.100. The highest BCUT2D eigenvalue weighted by atomic mass is 19.1. The molecule has 1 aliphatic rings. The Balaban J connectivity index is 1.40. The molecular formula is C21H21FN2O. The number of carbonyl (C=O) groups is 1. The third kappa shape index (κ3) is 3.43. The van der Waals surface area contributed by atoms with Crippen molar-refractivity contribution < 1.29 is 9.18 Å². The summed E-state index contributed by atoms with van der Waals surface area (Å²) in [4.78, 5) is 15.6. The smallest absolute Gasteiger partial charge is 0.220 e. The number of H-pyrrole nitrogens is 1. The normalized spacial score (nSPS) is 16.6. The van der Waals surface area contributed by atoms with E-state index in [4.69, 9.17) is 0 Å². The van der Waals surface area contributed by atoms with Crippen LogP contribution in [0.25, 0.3) is 10.9 Å². The van der Waals surface area contributed by atoms with E-state index in [1.54, 1.807) is 6.07 Å². The Morgan fingerprint density at radius 1 is 1.20 bits per heavy atom. The van der Waals surface area contributed by atoms with E-state index in [1.807, 2.05) is 36.4 Å². The van der Waals surface area contributed by atoms with Crippen molar-refractivity contribution >= 4 is 16.8 Å². The van der Waals surface area contributed by atoms with Crippen molar-refractivity contribution in [3.05, 3.63) is 71.2 Å². The quantitative estimate of drug-likeness (QED) is 0.745. The predicted molar refractivity (Wildman–Crippen MR) is 97.0 cm³/mol. The van der Waals surface area contributed by atoms with Gasteiger partial charge in [0.1, 0.15) is 5.82 Å². The molecule has 3 aromatic rings. The van der Waals surface area contributed by atoms with Gasteiger partial charge in [-0.25, -0.2) is 4.39 Å². The van der Waals surface area contributed by atoms with Crippen molar-refractivity contribution in [1.29, 1.82) is 0 Å². The Morgan fingerprint density at radius 3 is 2.88 bits per heavy atom. The lowest BCUT2D eigenvalue weighted by Gasteiger charge is -2.23. The number of fused-ring (bicyclic) bond motifs is 3. The van der Waals surface area contributed by atoms with Crippen LogP contribution in [0.2, 0.25) is 0 Å². The van der Waals surface area contributed by atoms with E-state index in [0.29, 0.717) is 6.42 Å². The second-order valence-electron chi connectivity index (χ2n) is 6.76. The lowest BCUT2D eigenvalue weighted by Crippen LogP contribution is -2.38. The van der Waals surface area contributed by atoms with Crippen molar-refractivity contribution in [2.24, 2.45) is 0 Å². The third-order valence-corrected chi connectivity index (χ3v) is 5.00. The molecule has 3 nitrogen and oxygen atoms in total. The summed E-state index contributed by atoms with van der Waals surface area (Å²) in [7, 11) is 0. The number of aromatic amines is 1. The lowest BCUT2D eigenvalue weighted by molar-refractivity contribution is -0.121. The van der Waals surface area contributed by atoms with Gasteiger partial charge in [0, 0.05) is 29.1 Å². The molecule has 0 saturated heterocycles. The van der Waals surface area contributed by atoms with Gasteiger partial charge in [-0.2, -0.15) is 0 Å². The minimum atomic E-state index is -0.225. The number of hydrogen-bond donors (Lipinski definition) is 2. The molecule has 1 heterocycles. The maximum atomic E-state index is 13.4. The topological polar surface area (TPSA) is 44.9 Å². The van der Waals surface area contributed by atoms with Gasteiger partial charge in [0.2, 0.25) is 5.91 Å². The molecule has 128 valence electrons. The molecule has 4 rings (SSSR count). The summed E-state index contributed by atoms with van der Waals surface area (Å²) in [6.45, 7) is 0. The van der Waals surface area contributed by atoms with Crippen LogP contribution in [0.4, 0.5) is 4.39 Å². The minimum Gasteiger partial charge on any atom is -0.358 e. The number of benzene rings is 2. The molecule has 1 amide bonds. The van der Waals surface area contributed by atoms with Gasteiger partial charge in [0.25, 0.3) is 0 Å². The van der Waals surface area contributed by atoms with E-state index < -0.39 is 0 Å². The zero-order valence-corrected chi connectivity index (χ0v) is 14.0. The van der Waals surface area contributed by atoms with Crippen LogP contribution in [0.1, 0.15) is 29.7 Å². The molecule has 0 radical (unpaired) electrons. The molecule has 4 heteroatoms. The van der Waals surface area contributed by atoms with Gasteiger partial charge < -0.3 is 10.3 Å². The molecule has 2 N–H and O–H groups in total. The highest BCUT2D eigenvalue weighted by Gasteiger charge is 2.23. The lowest BCUT2D eigenvalue weighted by atomic mass is 9.91. The van der Waals surface area contributed by atoms with Crippen molar-refractivity contribution in [3.8, 4) is 0 Å². The third-order valence-electron chi connectivity index (χ3n) is 5.00. The number of rotatable bonds is 4. The first-order valence-corrected chi connectivity index (χ1v) is 8.81. The number of carbonyl (C=O) groups excluding carboxylic acids is 1. The molecular weight excluding hydrogens is 315 g/mol. The number of halogens is 1. The molecule has 1 aliphatic carbocycles. The van der Waals surface area contributed by atoms with Crippen molar-refractivity contribution in [2.45, 2.75) is 38.1 Å². The van der Waals surface area contributed by atoms with Crippen LogP contribution in [-0.4, -0.2) is 16.9 Å². The van der Waals surface area contributed by atoms with E-state index in [-0.39, 0.29) is 17.8 Å². The molecule has 0 fully saturated rings. The van der Waals surface area contributed by atoms with Gasteiger partial charge in [-0.3, -0.25) is 4.79 Å². The Labute approximate surface area is 146 Å². The highest BCUT2D eigenvalue weighted by Crippen LogP contribution is 2.29. The van der Waals surface area contributed by atoms with Gasteiger partial charge in [0.05, 0.1) is 0 Å². The van der Waals surface area contributed by atoms with Crippen LogP contribution in [0.15, 0.2) is 48.5 Å². The van der Waals surface area contributed by atoms with Gasteiger partial charge in [-0.05, 0) is 55.0 Å². The SMILES string of the molecule is O=C(CCc1ccccc1)NC1CCc2[nH]c3cc(F)ccc3c2C1. The summed E-state index contributed by atoms with van der Waals surface area (Å²) < 4.78 is 13.4. The zero-order valence-electron chi connectivity index (χ0n) is 14.0. The van der Waals surface area contributed by atoms with E-state index in [0.717, 1.165) is 36.6 Å². The fourth-order valence-corrected chi connectivity index (χ4v) is 3.72. The Hall–Kier alpha value is -2.62. The first-order valence-electron chi connectivity index (χ1n) is 8.81. The molecule has 1 aromatic heterocycles. The summed E-state index contributed by atoms with van der Waals surface area (Å²) in [5, 5.41) is 4.24. The molecule has 25 heavy (non-hydrogen) atoms. The van der Waals surface area contributed by atoms with Crippen molar-refractivity contribution in [1.82, 2.24) is 10.3 Å². The number of hydrogen-bond acceptors (Lipinski definition) is 1. The second kappa shape index (κ2) is 6.71. The van der Waals surface area contributed by atoms with E-state index in [2.05, 4.69) is 10.3 Å². The van der Waals surface area contributed by atoms with E-state index in [9.17, 15) is 9.18 Å². The monoisotopic (exact) mass is 336 g/mol. The average Bonchev–Trinajstić information content (AvgIpc) is 2.97. The Bertz CT molecular complexity index is 901. The van der Waals surface area contributed by atoms with Gasteiger partial charge in [-0.15, -0.1) is 0 Å².